The van der Waals surface area contributed by atoms with Gasteiger partial charge in [-0.15, -0.1) is 0 Å². The van der Waals surface area contributed by atoms with Crippen molar-refractivity contribution in [3.8, 4) is 5.75 Å². The highest BCUT2D eigenvalue weighted by Gasteiger charge is 2.76. The summed E-state index contributed by atoms with van der Waals surface area (Å²) in [6.07, 6.45) is 1.06. The number of nitrogens with two attached hydrogens (primary N) is 1. The number of ketones is 1. The first-order valence-electron chi connectivity index (χ1n) is 12.5. The Bertz CT molecular complexity index is 1200. The van der Waals surface area contributed by atoms with Gasteiger partial charge in [-0.2, -0.15) is 0 Å². The third-order valence-electron chi connectivity index (χ3n) is 9.60. The summed E-state index contributed by atoms with van der Waals surface area (Å²) in [6, 6.07) is 4.75. The molecule has 8 nitrogen and oxygen atoms in total. The second-order valence-corrected chi connectivity index (χ2v) is 11.6. The number of allylic oxidation sites excluding steroid dienone is 1. The van der Waals surface area contributed by atoms with Crippen LogP contribution in [0.15, 0.2) is 41.5 Å². The molecule has 2 bridgehead atoms. The monoisotopic (exact) mass is 497 g/mol. The fraction of sp³-hybridized carbons (Fsp3) is 0.571. The van der Waals surface area contributed by atoms with Crippen molar-refractivity contribution in [1.82, 2.24) is 0 Å². The first kappa shape index (κ1) is 25.0. The molecule has 4 aliphatic carbocycles. The van der Waals surface area contributed by atoms with Crippen LogP contribution in [0, 0.1) is 34.5 Å². The number of carbonyl (C=O) groups is 2. The SMILES string of the molecule is COc1cccc(N)c1C(=O)O[C@H]1C(C)=C[C@]23C(=O)C(C=C(CO)[C@@H](O)[C@]12O)[C@H]1[C@@H](C[C@H]3C)C1(C)C. The lowest BCUT2D eigenvalue weighted by atomic mass is 9.59. The van der Waals surface area contributed by atoms with Crippen LogP contribution in [0.1, 0.15) is 44.5 Å². The van der Waals surface area contributed by atoms with E-state index in [1.807, 2.05) is 6.92 Å². The number of nitrogen functional groups attached to an aromatic ring is 1. The van der Waals surface area contributed by atoms with Crippen molar-refractivity contribution < 1.29 is 34.4 Å². The summed E-state index contributed by atoms with van der Waals surface area (Å²) >= 11 is 0. The zero-order chi connectivity index (χ0) is 26.4. The maximum Gasteiger partial charge on any atom is 0.344 e. The van der Waals surface area contributed by atoms with Gasteiger partial charge in [0.2, 0.25) is 0 Å². The minimum Gasteiger partial charge on any atom is -0.496 e. The highest BCUT2D eigenvalue weighted by atomic mass is 16.6. The molecule has 36 heavy (non-hydrogen) atoms. The molecule has 2 fully saturated rings. The van der Waals surface area contributed by atoms with Crippen molar-refractivity contribution in [2.45, 2.75) is 51.9 Å². The average molecular weight is 498 g/mol. The largest absolute Gasteiger partial charge is 0.496 e. The van der Waals surface area contributed by atoms with E-state index in [4.69, 9.17) is 15.2 Å². The second kappa shape index (κ2) is 7.91. The summed E-state index contributed by atoms with van der Waals surface area (Å²) < 4.78 is 11.2. The topological polar surface area (TPSA) is 139 Å². The van der Waals surface area contributed by atoms with Crippen molar-refractivity contribution >= 4 is 17.4 Å². The lowest BCUT2D eigenvalue weighted by molar-refractivity contribution is -0.190. The van der Waals surface area contributed by atoms with Gasteiger partial charge in [-0.25, -0.2) is 4.79 Å². The van der Waals surface area contributed by atoms with Crippen molar-refractivity contribution in [1.29, 1.82) is 0 Å². The molecule has 2 saturated carbocycles. The van der Waals surface area contributed by atoms with E-state index in [0.29, 0.717) is 12.0 Å². The van der Waals surface area contributed by atoms with E-state index in [1.54, 1.807) is 31.2 Å². The number of carbonyl (C=O) groups excluding carboxylic acids is 2. The summed E-state index contributed by atoms with van der Waals surface area (Å²) in [5.74, 6) is -1.43. The van der Waals surface area contributed by atoms with Crippen LogP contribution in [0.5, 0.6) is 5.75 Å². The van der Waals surface area contributed by atoms with Crippen LogP contribution in [0.25, 0.3) is 0 Å². The number of hydrogen-bond donors (Lipinski definition) is 4. The number of esters is 1. The third-order valence-corrected chi connectivity index (χ3v) is 9.60. The van der Waals surface area contributed by atoms with Crippen LogP contribution in [-0.2, 0) is 9.53 Å². The molecule has 0 amide bonds. The minimum absolute atomic E-state index is 0.000465. The van der Waals surface area contributed by atoms with Crippen LogP contribution < -0.4 is 10.5 Å². The molecule has 0 aromatic heterocycles. The van der Waals surface area contributed by atoms with Crippen LogP contribution in [-0.4, -0.2) is 58.6 Å². The van der Waals surface area contributed by atoms with E-state index < -0.39 is 41.7 Å². The van der Waals surface area contributed by atoms with Gasteiger partial charge in [-0.3, -0.25) is 4.79 Å². The lowest BCUT2D eigenvalue weighted by Gasteiger charge is -2.48. The molecule has 1 unspecified atom stereocenters. The van der Waals surface area contributed by atoms with Gasteiger partial charge in [0, 0.05) is 11.6 Å². The summed E-state index contributed by atoms with van der Waals surface area (Å²) in [5, 5.41) is 34.3. The van der Waals surface area contributed by atoms with Crippen LogP contribution in [0.3, 0.4) is 0 Å². The summed E-state index contributed by atoms with van der Waals surface area (Å²) in [6.45, 7) is 7.34. The number of aliphatic hydroxyl groups is 3. The number of rotatable bonds is 4. The van der Waals surface area contributed by atoms with Gasteiger partial charge in [-0.05, 0) is 59.8 Å². The molecule has 1 spiro atoms. The Hall–Kier alpha value is -2.68. The molecular weight excluding hydrogens is 462 g/mol. The Labute approximate surface area is 210 Å². The highest BCUT2D eigenvalue weighted by Crippen LogP contribution is 2.71. The van der Waals surface area contributed by atoms with Crippen LogP contribution >= 0.6 is 0 Å². The van der Waals surface area contributed by atoms with E-state index in [0.717, 1.165) is 0 Å². The Balaban J connectivity index is 1.64. The van der Waals surface area contributed by atoms with Crippen molar-refractivity contribution in [2.24, 2.45) is 34.5 Å². The fourth-order valence-corrected chi connectivity index (χ4v) is 7.70. The van der Waals surface area contributed by atoms with Crippen LogP contribution in [0.4, 0.5) is 5.69 Å². The van der Waals surface area contributed by atoms with E-state index in [1.165, 1.54) is 13.2 Å². The number of aliphatic hydroxyl groups excluding tert-OH is 2. The lowest BCUT2D eigenvalue weighted by Crippen LogP contribution is -2.65. The Kier molecular flexibility index (Phi) is 5.49. The normalized spacial score (nSPS) is 40.2. The first-order chi connectivity index (χ1) is 16.9. The molecule has 8 atom stereocenters. The van der Waals surface area contributed by atoms with Crippen LogP contribution in [0.2, 0.25) is 0 Å². The first-order valence-corrected chi connectivity index (χ1v) is 12.5. The van der Waals surface area contributed by atoms with Gasteiger partial charge in [0.05, 0.1) is 19.1 Å². The predicted molar refractivity (Wildman–Crippen MR) is 132 cm³/mol. The molecule has 4 aliphatic rings. The molecular formula is C28H35NO7. The predicted octanol–water partition coefficient (Wildman–Crippen LogP) is 2.27. The van der Waals surface area contributed by atoms with E-state index in [-0.39, 0.29) is 51.5 Å². The molecule has 0 aliphatic heterocycles. The molecule has 194 valence electrons. The van der Waals surface area contributed by atoms with Gasteiger partial charge < -0.3 is 30.5 Å². The zero-order valence-electron chi connectivity index (χ0n) is 21.3. The van der Waals surface area contributed by atoms with E-state index in [9.17, 15) is 24.9 Å². The maximum absolute atomic E-state index is 14.4. The number of methoxy groups -OCH3 is 1. The molecule has 1 aromatic carbocycles. The van der Waals surface area contributed by atoms with Crippen molar-refractivity contribution in [2.75, 3.05) is 19.5 Å². The molecule has 0 radical (unpaired) electrons. The van der Waals surface area contributed by atoms with Crippen molar-refractivity contribution in [3.05, 3.63) is 47.1 Å². The second-order valence-electron chi connectivity index (χ2n) is 11.6. The van der Waals surface area contributed by atoms with Gasteiger partial charge in [0.15, 0.2) is 17.5 Å². The summed E-state index contributed by atoms with van der Waals surface area (Å²) in [7, 11) is 1.40. The molecule has 8 heteroatoms. The van der Waals surface area contributed by atoms with Crippen molar-refractivity contribution in [3.63, 3.8) is 0 Å². The molecule has 0 saturated heterocycles. The number of fused-ring (bicyclic) bond motifs is 3. The average Bonchev–Trinajstić information content (AvgIpc) is 3.32. The third kappa shape index (κ3) is 2.92. The van der Waals surface area contributed by atoms with Gasteiger partial charge in [0.25, 0.3) is 0 Å². The van der Waals surface area contributed by atoms with E-state index in [2.05, 4.69) is 13.8 Å². The number of ether oxygens (including phenoxy) is 2. The zero-order valence-corrected chi connectivity index (χ0v) is 21.3. The Morgan fingerprint density at radius 1 is 1.28 bits per heavy atom. The smallest absolute Gasteiger partial charge is 0.344 e. The maximum atomic E-state index is 14.4. The minimum atomic E-state index is -2.20. The fourth-order valence-electron chi connectivity index (χ4n) is 7.70. The molecule has 0 heterocycles. The molecule has 5 rings (SSSR count). The van der Waals surface area contributed by atoms with Gasteiger partial charge in [0.1, 0.15) is 17.4 Å². The number of anilines is 1. The summed E-state index contributed by atoms with van der Waals surface area (Å²) in [5.41, 5.74) is 3.06. The molecule has 1 aromatic rings. The quantitative estimate of drug-likeness (QED) is 0.282. The highest BCUT2D eigenvalue weighted by molar-refractivity contribution is 5.99. The molecule has 5 N–H and O–H groups in total. The van der Waals surface area contributed by atoms with E-state index >= 15 is 0 Å². The number of hydrogen-bond acceptors (Lipinski definition) is 8. The number of Topliss-reactive ketones (excluding diaryl/α,β-unsaturated/α-hetero) is 1. The standard InChI is InChI=1S/C28H35NO7/c1-13-11-27-14(2)9-17-21(26(17,3)4)16(23(27)32)10-15(12-30)22(31)28(27,34)24(13)36-25(33)20-18(29)7-6-8-19(20)35-5/h6-8,10-11,14,16-17,21-22,24,30-31,34H,9,12,29H2,1-5H3/t14-,16?,17-,21+,22-,24+,27+,28+/m1/s1. The Morgan fingerprint density at radius 3 is 2.61 bits per heavy atom. The summed E-state index contributed by atoms with van der Waals surface area (Å²) in [4.78, 5) is 27.8. The van der Waals surface area contributed by atoms with Gasteiger partial charge in [-0.1, -0.05) is 39.0 Å². The Morgan fingerprint density at radius 2 is 1.97 bits per heavy atom. The van der Waals surface area contributed by atoms with Gasteiger partial charge >= 0.3 is 5.97 Å². The number of benzene rings is 1.